The van der Waals surface area contributed by atoms with Crippen molar-refractivity contribution in [3.63, 3.8) is 0 Å². The fourth-order valence-electron chi connectivity index (χ4n) is 3.44. The van der Waals surface area contributed by atoms with Crippen molar-refractivity contribution in [3.05, 3.63) is 119 Å². The van der Waals surface area contributed by atoms with Crippen molar-refractivity contribution >= 4 is 0 Å². The van der Waals surface area contributed by atoms with Gasteiger partial charge in [-0.3, -0.25) is 0 Å². The Labute approximate surface area is 169 Å². The first-order valence-corrected chi connectivity index (χ1v) is 9.79. The zero-order chi connectivity index (χ0) is 19.9. The van der Waals surface area contributed by atoms with Crippen molar-refractivity contribution in [3.8, 4) is 22.3 Å². The molecular weight excluding hydrogens is 336 g/mol. The van der Waals surface area contributed by atoms with Gasteiger partial charge < -0.3 is 0 Å². The van der Waals surface area contributed by atoms with Crippen LogP contribution >= 0.6 is 0 Å². The van der Waals surface area contributed by atoms with E-state index in [0.717, 1.165) is 0 Å². The number of hydrogen-bond donors (Lipinski definition) is 0. The molecule has 0 aliphatic carbocycles. The van der Waals surface area contributed by atoms with E-state index in [0.29, 0.717) is 0 Å². The molecule has 28 heavy (non-hydrogen) atoms. The highest BCUT2D eigenvalue weighted by molar-refractivity contribution is 5.67. The van der Waals surface area contributed by atoms with E-state index in [-0.39, 0.29) is 0 Å². The Morgan fingerprint density at radius 2 is 0.929 bits per heavy atom. The number of benzene rings is 4. The van der Waals surface area contributed by atoms with Gasteiger partial charge >= 0.3 is 0 Å². The summed E-state index contributed by atoms with van der Waals surface area (Å²) in [6.45, 7) is 8.56. The van der Waals surface area contributed by atoms with Gasteiger partial charge in [-0.1, -0.05) is 114 Å². The molecule has 0 heterocycles. The molecule has 4 rings (SSSR count). The molecule has 0 amide bonds. The summed E-state index contributed by atoms with van der Waals surface area (Å²) in [5.41, 5.74) is 10.5. The molecule has 4 aromatic carbocycles. The Balaban J connectivity index is 0.000000161. The zero-order valence-corrected chi connectivity index (χ0v) is 17.2. The van der Waals surface area contributed by atoms with Crippen LogP contribution in [0, 0.1) is 27.7 Å². The van der Waals surface area contributed by atoms with Crippen molar-refractivity contribution in [2.75, 3.05) is 0 Å². The maximum atomic E-state index is 2.24. The van der Waals surface area contributed by atoms with Crippen molar-refractivity contribution in [1.29, 1.82) is 0 Å². The molecular formula is C28H28. The van der Waals surface area contributed by atoms with Crippen molar-refractivity contribution in [2.45, 2.75) is 27.7 Å². The van der Waals surface area contributed by atoms with Crippen LogP contribution in [0.15, 0.2) is 97.1 Å². The molecule has 0 aromatic heterocycles. The fourth-order valence-corrected chi connectivity index (χ4v) is 3.44. The van der Waals surface area contributed by atoms with Gasteiger partial charge in [0, 0.05) is 0 Å². The van der Waals surface area contributed by atoms with Crippen LogP contribution in [-0.2, 0) is 0 Å². The Morgan fingerprint density at radius 3 is 1.50 bits per heavy atom. The lowest BCUT2D eigenvalue weighted by Gasteiger charge is -2.06. The second-order valence-electron chi connectivity index (χ2n) is 7.43. The number of hydrogen-bond acceptors (Lipinski definition) is 0. The first kappa shape index (κ1) is 19.6. The summed E-state index contributed by atoms with van der Waals surface area (Å²) < 4.78 is 0. The molecule has 0 unspecified atom stereocenters. The van der Waals surface area contributed by atoms with E-state index in [1.807, 2.05) is 6.07 Å². The molecule has 0 atom stereocenters. The molecule has 0 aliphatic rings. The molecule has 4 aromatic rings. The number of aryl methyl sites for hydroxylation is 4. The summed E-state index contributed by atoms with van der Waals surface area (Å²) >= 11 is 0. The van der Waals surface area contributed by atoms with Crippen LogP contribution in [0.5, 0.6) is 0 Å². The van der Waals surface area contributed by atoms with E-state index >= 15 is 0 Å². The van der Waals surface area contributed by atoms with E-state index in [2.05, 4.69) is 119 Å². The first-order chi connectivity index (χ1) is 13.5. The maximum Gasteiger partial charge on any atom is -0.0152 e. The first-order valence-electron chi connectivity index (χ1n) is 9.79. The van der Waals surface area contributed by atoms with Crippen LogP contribution < -0.4 is 0 Å². The molecule has 140 valence electrons. The third-order valence-corrected chi connectivity index (χ3v) is 4.81. The normalized spacial score (nSPS) is 10.1. The van der Waals surface area contributed by atoms with Gasteiger partial charge in [-0.05, 0) is 55.5 Å². The molecule has 0 saturated carbocycles. The lowest BCUT2D eigenvalue weighted by atomic mass is 9.99. The largest absolute Gasteiger partial charge is 0.0622 e. The minimum atomic E-state index is 1.29. The molecule has 0 saturated heterocycles. The summed E-state index contributed by atoms with van der Waals surface area (Å²) in [7, 11) is 0. The Hall–Kier alpha value is -3.12. The van der Waals surface area contributed by atoms with Gasteiger partial charge in [0.1, 0.15) is 0 Å². The smallest absolute Gasteiger partial charge is 0.0152 e. The van der Waals surface area contributed by atoms with Gasteiger partial charge in [-0.25, -0.2) is 0 Å². The molecule has 0 heteroatoms. The summed E-state index contributed by atoms with van der Waals surface area (Å²) in [6, 6.07) is 34.2. The van der Waals surface area contributed by atoms with E-state index in [1.165, 1.54) is 44.5 Å². The topological polar surface area (TPSA) is 0 Å². The molecule has 0 nitrogen and oxygen atoms in total. The second kappa shape index (κ2) is 9.19. The minimum absolute atomic E-state index is 1.29. The SMILES string of the molecule is Cc1cc(C)cc(-c2ccccc2)c1.Cc1ccc(C)c(-c2ccccc2)c1. The Kier molecular flexibility index (Phi) is 6.45. The van der Waals surface area contributed by atoms with E-state index < -0.39 is 0 Å². The van der Waals surface area contributed by atoms with Gasteiger partial charge in [0.2, 0.25) is 0 Å². The Morgan fingerprint density at radius 1 is 0.393 bits per heavy atom. The highest BCUT2D eigenvalue weighted by Crippen LogP contribution is 2.24. The van der Waals surface area contributed by atoms with Crippen molar-refractivity contribution in [1.82, 2.24) is 0 Å². The lowest BCUT2D eigenvalue weighted by molar-refractivity contribution is 1.38. The quantitative estimate of drug-likeness (QED) is 0.338. The van der Waals surface area contributed by atoms with Crippen LogP contribution in [-0.4, -0.2) is 0 Å². The van der Waals surface area contributed by atoms with Gasteiger partial charge in [-0.2, -0.15) is 0 Å². The second-order valence-corrected chi connectivity index (χ2v) is 7.43. The molecule has 0 spiro atoms. The van der Waals surface area contributed by atoms with Crippen LogP contribution in [0.4, 0.5) is 0 Å². The minimum Gasteiger partial charge on any atom is -0.0622 e. The molecule has 0 fully saturated rings. The molecule has 0 radical (unpaired) electrons. The third-order valence-electron chi connectivity index (χ3n) is 4.81. The third kappa shape index (κ3) is 5.20. The number of rotatable bonds is 2. The fraction of sp³-hybridized carbons (Fsp3) is 0.143. The van der Waals surface area contributed by atoms with Crippen LogP contribution in [0.1, 0.15) is 22.3 Å². The molecule has 0 bridgehead atoms. The van der Waals surface area contributed by atoms with Crippen LogP contribution in [0.2, 0.25) is 0 Å². The summed E-state index contributed by atoms with van der Waals surface area (Å²) in [4.78, 5) is 0. The predicted octanol–water partition coefficient (Wildman–Crippen LogP) is 7.94. The zero-order valence-electron chi connectivity index (χ0n) is 17.2. The van der Waals surface area contributed by atoms with Crippen LogP contribution in [0.3, 0.4) is 0 Å². The van der Waals surface area contributed by atoms with Crippen molar-refractivity contribution < 1.29 is 0 Å². The lowest BCUT2D eigenvalue weighted by Crippen LogP contribution is -1.83. The van der Waals surface area contributed by atoms with Crippen LogP contribution in [0.25, 0.3) is 22.3 Å². The highest BCUT2D eigenvalue weighted by Gasteiger charge is 2.00. The Bertz CT molecular complexity index is 1010. The van der Waals surface area contributed by atoms with E-state index in [1.54, 1.807) is 0 Å². The summed E-state index contributed by atoms with van der Waals surface area (Å²) in [6.07, 6.45) is 0. The average Bonchev–Trinajstić information content (AvgIpc) is 2.71. The van der Waals surface area contributed by atoms with Crippen molar-refractivity contribution in [2.24, 2.45) is 0 Å². The van der Waals surface area contributed by atoms with E-state index in [4.69, 9.17) is 0 Å². The summed E-state index contributed by atoms with van der Waals surface area (Å²) in [5.74, 6) is 0. The van der Waals surface area contributed by atoms with Gasteiger partial charge in [0.15, 0.2) is 0 Å². The van der Waals surface area contributed by atoms with Gasteiger partial charge in [-0.15, -0.1) is 0 Å². The van der Waals surface area contributed by atoms with Gasteiger partial charge in [0.05, 0.1) is 0 Å². The van der Waals surface area contributed by atoms with Gasteiger partial charge in [0.25, 0.3) is 0 Å². The van der Waals surface area contributed by atoms with E-state index in [9.17, 15) is 0 Å². The maximum absolute atomic E-state index is 2.24. The molecule has 0 aliphatic heterocycles. The predicted molar refractivity (Wildman–Crippen MR) is 123 cm³/mol. The standard InChI is InChI=1S/2C14H14/c1-11-8-12(2)10-14(9-11)13-6-4-3-5-7-13;1-11-8-9-12(2)14(10-11)13-6-4-3-5-7-13/h2*3-10H,1-2H3. The monoisotopic (exact) mass is 364 g/mol. The molecule has 0 N–H and O–H groups in total. The average molecular weight is 365 g/mol. The highest BCUT2D eigenvalue weighted by atomic mass is 14.1. The summed E-state index contributed by atoms with van der Waals surface area (Å²) in [5, 5.41) is 0.